The molecule has 0 bridgehead atoms. The molecule has 1 saturated heterocycles. The first kappa shape index (κ1) is 44.2. The molecule has 292 valence electrons. The fourth-order valence-corrected chi connectivity index (χ4v) is 3.96. The van der Waals surface area contributed by atoms with Gasteiger partial charge in [-0.05, 0) is 12.2 Å². The van der Waals surface area contributed by atoms with Gasteiger partial charge in [0.2, 0.25) is 11.9 Å². The third-order valence-corrected chi connectivity index (χ3v) is 6.57. The summed E-state index contributed by atoms with van der Waals surface area (Å²) in [6.45, 7) is 13.9. The van der Waals surface area contributed by atoms with Crippen LogP contribution in [0.25, 0.3) is 12.2 Å². The van der Waals surface area contributed by atoms with Crippen molar-refractivity contribution in [3.63, 3.8) is 0 Å². The van der Waals surface area contributed by atoms with Crippen molar-refractivity contribution in [2.24, 2.45) is 0 Å². The maximum Gasteiger partial charge on any atom is 0.335 e. The topological polar surface area (TPSA) is 209 Å². The number of likely N-dealkylation sites (N-methyl/N-ethyl adjacent to an activating group) is 1. The van der Waals surface area contributed by atoms with Gasteiger partial charge in [0.05, 0.1) is 119 Å². The van der Waals surface area contributed by atoms with Gasteiger partial charge in [-0.3, -0.25) is 14.4 Å². The summed E-state index contributed by atoms with van der Waals surface area (Å²) in [6, 6.07) is 0. The van der Waals surface area contributed by atoms with Crippen LogP contribution in [0.2, 0.25) is 0 Å². The lowest BCUT2D eigenvalue weighted by atomic mass is 10.4. The molecule has 3 amide bonds. The van der Waals surface area contributed by atoms with Crippen molar-refractivity contribution in [3.05, 3.63) is 24.8 Å². The first-order chi connectivity index (χ1) is 25.3. The molecule has 0 aromatic carbocycles. The number of ether oxygens (including phenoxy) is 8. The van der Waals surface area contributed by atoms with Crippen molar-refractivity contribution in [1.29, 1.82) is 0 Å². The van der Waals surface area contributed by atoms with E-state index in [0.717, 1.165) is 0 Å². The minimum absolute atomic E-state index is 0.0532. The zero-order chi connectivity index (χ0) is 37.7. The lowest BCUT2D eigenvalue weighted by Crippen LogP contribution is -2.37. The predicted molar refractivity (Wildman–Crippen MR) is 185 cm³/mol. The van der Waals surface area contributed by atoms with Crippen LogP contribution < -0.4 is 10.2 Å². The lowest BCUT2D eigenvalue weighted by Gasteiger charge is -2.17. The monoisotopic (exact) mass is 740 g/mol. The summed E-state index contributed by atoms with van der Waals surface area (Å²) in [6.07, 6.45) is 3.03. The van der Waals surface area contributed by atoms with E-state index in [1.807, 2.05) is 0 Å². The highest BCUT2D eigenvalue weighted by Gasteiger charge is 2.32. The van der Waals surface area contributed by atoms with Gasteiger partial charge >= 0.3 is 5.97 Å². The number of nitrogens with one attached hydrogen (secondary N) is 1. The molecular formula is C33H52N6O13. The van der Waals surface area contributed by atoms with Crippen LogP contribution >= 0.6 is 0 Å². The van der Waals surface area contributed by atoms with E-state index in [4.69, 9.17) is 42.7 Å². The number of rotatable bonds is 33. The molecule has 1 aliphatic heterocycles. The van der Waals surface area contributed by atoms with E-state index in [0.29, 0.717) is 122 Å². The Hall–Kier alpha value is -3.95. The van der Waals surface area contributed by atoms with Crippen molar-refractivity contribution in [1.82, 2.24) is 25.3 Å². The van der Waals surface area contributed by atoms with Crippen LogP contribution in [0.1, 0.15) is 30.9 Å². The molecule has 1 N–H and O–H groups in total. The van der Waals surface area contributed by atoms with E-state index < -0.39 is 17.8 Å². The number of carbonyl (C=O) groups is 4. The predicted octanol–water partition coefficient (Wildman–Crippen LogP) is -0.160. The minimum atomic E-state index is -0.706. The molecule has 19 nitrogen and oxygen atoms in total. The second-order valence-corrected chi connectivity index (χ2v) is 10.7. The summed E-state index contributed by atoms with van der Waals surface area (Å²) in [5, 5.41) is 3.30. The quantitative estimate of drug-likeness (QED) is 0.0733. The summed E-state index contributed by atoms with van der Waals surface area (Å²) < 4.78 is 43.4. The van der Waals surface area contributed by atoms with Gasteiger partial charge in [-0.25, -0.2) is 9.78 Å². The number of aromatic nitrogens is 3. The summed E-state index contributed by atoms with van der Waals surface area (Å²) in [4.78, 5) is 65.6. The van der Waals surface area contributed by atoms with Gasteiger partial charge in [0.1, 0.15) is 0 Å². The lowest BCUT2D eigenvalue weighted by molar-refractivity contribution is -0.198. The van der Waals surface area contributed by atoms with Crippen LogP contribution in [0.5, 0.6) is 0 Å². The molecule has 52 heavy (non-hydrogen) atoms. The molecule has 0 atom stereocenters. The molecule has 1 aliphatic rings. The molecule has 1 aromatic rings. The van der Waals surface area contributed by atoms with Gasteiger partial charge in [-0.15, -0.1) is 5.06 Å². The van der Waals surface area contributed by atoms with Crippen molar-refractivity contribution >= 4 is 41.8 Å². The molecule has 2 rings (SSSR count). The highest BCUT2D eigenvalue weighted by Crippen LogP contribution is 2.12. The van der Waals surface area contributed by atoms with E-state index in [2.05, 4.69) is 33.4 Å². The Morgan fingerprint density at radius 3 is 1.44 bits per heavy atom. The average Bonchev–Trinajstić information content (AvgIpc) is 3.46. The Labute approximate surface area is 303 Å². The van der Waals surface area contributed by atoms with Crippen LogP contribution in [0.3, 0.4) is 0 Å². The van der Waals surface area contributed by atoms with Crippen molar-refractivity contribution in [3.8, 4) is 0 Å². The van der Waals surface area contributed by atoms with Crippen LogP contribution in [-0.2, 0) is 61.9 Å². The second kappa shape index (κ2) is 28.6. The first-order valence-corrected chi connectivity index (χ1v) is 17.0. The van der Waals surface area contributed by atoms with Crippen molar-refractivity contribution in [2.75, 3.05) is 131 Å². The van der Waals surface area contributed by atoms with Crippen LogP contribution in [0.15, 0.2) is 13.2 Å². The van der Waals surface area contributed by atoms with E-state index in [-0.39, 0.29) is 44.9 Å². The SMILES string of the molecule is C=Cc1nc(C=C)nc(N(C)CC(=O)NCCOCCOCCOCCOCCOCCOCCOCCOCCC(=O)ON2C(=O)CCC2=O)n1. The summed E-state index contributed by atoms with van der Waals surface area (Å²) >= 11 is 0. The number of hydrogen-bond donors (Lipinski definition) is 1. The molecule has 19 heteroatoms. The number of hydroxylamine groups is 2. The van der Waals surface area contributed by atoms with Crippen LogP contribution in [0.4, 0.5) is 5.95 Å². The molecular weight excluding hydrogens is 688 g/mol. The molecule has 1 aromatic heterocycles. The zero-order valence-electron chi connectivity index (χ0n) is 30.0. The Balaban J connectivity index is 1.24. The normalized spacial score (nSPS) is 12.7. The third kappa shape index (κ3) is 20.8. The Kier molecular flexibility index (Phi) is 24.3. The van der Waals surface area contributed by atoms with Gasteiger partial charge in [-0.2, -0.15) is 9.97 Å². The molecule has 0 radical (unpaired) electrons. The molecule has 2 heterocycles. The molecule has 0 aliphatic carbocycles. The van der Waals surface area contributed by atoms with E-state index in [9.17, 15) is 19.2 Å². The number of nitrogens with zero attached hydrogens (tertiary/aromatic N) is 5. The van der Waals surface area contributed by atoms with Crippen LogP contribution in [-0.4, -0.2) is 170 Å². The maximum atomic E-state index is 12.2. The fourth-order valence-electron chi connectivity index (χ4n) is 3.96. The molecule has 1 fully saturated rings. The van der Waals surface area contributed by atoms with E-state index in [1.54, 1.807) is 11.9 Å². The number of anilines is 1. The minimum Gasteiger partial charge on any atom is -0.378 e. The largest absolute Gasteiger partial charge is 0.378 e. The Morgan fingerprint density at radius 1 is 0.654 bits per heavy atom. The first-order valence-electron chi connectivity index (χ1n) is 17.0. The smallest absolute Gasteiger partial charge is 0.335 e. The van der Waals surface area contributed by atoms with Gasteiger partial charge < -0.3 is 52.9 Å². The number of carbonyl (C=O) groups excluding carboxylic acids is 4. The van der Waals surface area contributed by atoms with Gasteiger partial charge in [-0.1, -0.05) is 13.2 Å². The fraction of sp³-hybridized carbons (Fsp3) is 0.667. The van der Waals surface area contributed by atoms with Crippen molar-refractivity contribution in [2.45, 2.75) is 19.3 Å². The maximum absolute atomic E-state index is 12.2. The standard InChI is InChI=1S/C33H52N6O13/c1-4-27-35-28(5-2)37-33(36-27)38(3)26-29(40)34-9-11-45-13-15-47-17-19-49-21-23-51-25-24-50-22-20-48-18-16-46-14-12-44-10-8-32(43)52-39-30(41)6-7-31(39)42/h4-5H,1-2,6-26H2,3H3,(H,34,40). The number of imide groups is 1. The third-order valence-electron chi connectivity index (χ3n) is 6.57. The highest BCUT2D eigenvalue weighted by atomic mass is 16.7. The Bertz CT molecular complexity index is 1180. The summed E-state index contributed by atoms with van der Waals surface area (Å²) in [7, 11) is 1.71. The highest BCUT2D eigenvalue weighted by molar-refractivity contribution is 6.01. The molecule has 0 spiro atoms. The number of hydrogen-bond acceptors (Lipinski definition) is 17. The summed E-state index contributed by atoms with van der Waals surface area (Å²) in [5.74, 6) is -0.773. The van der Waals surface area contributed by atoms with Crippen molar-refractivity contribution < 1.29 is 61.9 Å². The van der Waals surface area contributed by atoms with Gasteiger partial charge in [0, 0.05) is 26.4 Å². The van der Waals surface area contributed by atoms with E-state index >= 15 is 0 Å². The van der Waals surface area contributed by atoms with Crippen LogP contribution in [0, 0.1) is 0 Å². The molecule has 0 saturated carbocycles. The molecule has 0 unspecified atom stereocenters. The Morgan fingerprint density at radius 2 is 1.04 bits per heavy atom. The number of amides is 3. The zero-order valence-corrected chi connectivity index (χ0v) is 30.0. The van der Waals surface area contributed by atoms with E-state index in [1.165, 1.54) is 12.2 Å². The average molecular weight is 741 g/mol. The van der Waals surface area contributed by atoms with Gasteiger partial charge in [0.15, 0.2) is 11.6 Å². The second-order valence-electron chi connectivity index (χ2n) is 10.7. The summed E-state index contributed by atoms with van der Waals surface area (Å²) in [5.41, 5.74) is 0. The van der Waals surface area contributed by atoms with Gasteiger partial charge in [0.25, 0.3) is 11.8 Å².